The van der Waals surface area contributed by atoms with E-state index < -0.39 is 5.97 Å². The first-order valence-corrected chi connectivity index (χ1v) is 3.48. The Balaban J connectivity index is 3.60. The molecule has 2 heteroatoms. The van der Waals surface area contributed by atoms with E-state index in [0.717, 1.165) is 0 Å². The van der Waals surface area contributed by atoms with Crippen molar-refractivity contribution in [2.75, 3.05) is 0 Å². The Labute approximate surface area is 61.6 Å². The van der Waals surface area contributed by atoms with Crippen molar-refractivity contribution in [3.8, 4) is 0 Å². The first-order valence-electron chi connectivity index (χ1n) is 3.48. The molecule has 0 amide bonds. The van der Waals surface area contributed by atoms with Crippen molar-refractivity contribution in [2.45, 2.75) is 26.2 Å². The second-order valence-corrected chi connectivity index (χ2v) is 2.26. The number of hydrogen-bond acceptors (Lipinski definition) is 1. The summed E-state index contributed by atoms with van der Waals surface area (Å²) in [6.07, 6.45) is 3.53. The smallest absolute Gasteiger partial charge is 0.306 e. The average molecular weight is 141 g/mol. The van der Waals surface area contributed by atoms with Gasteiger partial charge in [-0.25, -0.2) is 0 Å². The zero-order valence-corrected chi connectivity index (χ0v) is 6.21. The van der Waals surface area contributed by atoms with Crippen LogP contribution >= 0.6 is 0 Å². The first kappa shape index (κ1) is 9.21. The first-order chi connectivity index (χ1) is 4.72. The molecule has 10 heavy (non-hydrogen) atoms. The molecule has 1 unspecified atom stereocenters. The van der Waals surface area contributed by atoms with E-state index in [4.69, 9.17) is 11.7 Å². The predicted molar refractivity (Wildman–Crippen MR) is 39.5 cm³/mol. The quantitative estimate of drug-likeness (QED) is 0.634. The molecule has 0 aliphatic rings. The van der Waals surface area contributed by atoms with Crippen molar-refractivity contribution in [3.63, 3.8) is 0 Å². The summed E-state index contributed by atoms with van der Waals surface area (Å²) in [5, 5.41) is 8.55. The monoisotopic (exact) mass is 141 g/mol. The maximum absolute atomic E-state index is 10.4. The molecule has 1 atom stereocenters. The lowest BCUT2D eigenvalue weighted by Crippen LogP contribution is -2.11. The van der Waals surface area contributed by atoms with Crippen LogP contribution in [0.1, 0.15) is 26.2 Å². The van der Waals surface area contributed by atoms with Gasteiger partial charge < -0.3 is 5.11 Å². The van der Waals surface area contributed by atoms with E-state index in [1.807, 2.05) is 6.92 Å². The second-order valence-electron chi connectivity index (χ2n) is 2.26. The van der Waals surface area contributed by atoms with Gasteiger partial charge in [-0.1, -0.05) is 19.6 Å². The molecule has 57 valence electrons. The van der Waals surface area contributed by atoms with Crippen LogP contribution in [0.3, 0.4) is 0 Å². The molecule has 1 N–H and O–H groups in total. The SMILES string of the molecule is [CH]=CCCC(CC)C(=O)O. The summed E-state index contributed by atoms with van der Waals surface area (Å²) in [5.74, 6) is -0.941. The van der Waals surface area contributed by atoms with Crippen LogP contribution in [0, 0.1) is 12.5 Å². The summed E-state index contributed by atoms with van der Waals surface area (Å²) >= 11 is 0. The molecule has 0 aromatic rings. The number of hydrogen-bond donors (Lipinski definition) is 1. The number of carboxylic acid groups (broad SMARTS) is 1. The molecule has 0 spiro atoms. The van der Waals surface area contributed by atoms with Crippen molar-refractivity contribution in [1.29, 1.82) is 0 Å². The molecule has 0 rings (SSSR count). The Bertz CT molecular complexity index is 118. The van der Waals surface area contributed by atoms with Crippen LogP contribution in [-0.4, -0.2) is 11.1 Å². The van der Waals surface area contributed by atoms with E-state index in [2.05, 4.69) is 0 Å². The number of rotatable bonds is 5. The fourth-order valence-corrected chi connectivity index (χ4v) is 0.800. The van der Waals surface area contributed by atoms with Gasteiger partial charge in [0.15, 0.2) is 0 Å². The minimum atomic E-state index is -0.718. The molecule has 0 fully saturated rings. The molecule has 0 aromatic heterocycles. The minimum absolute atomic E-state index is 0.222. The standard InChI is InChI=1S/C8H13O2/c1-3-5-6-7(4-2)8(9)10/h1,3,7H,4-6H2,2H3,(H,9,10). The highest BCUT2D eigenvalue weighted by molar-refractivity contribution is 5.69. The molecule has 2 nitrogen and oxygen atoms in total. The van der Waals surface area contributed by atoms with Crippen molar-refractivity contribution in [1.82, 2.24) is 0 Å². The topological polar surface area (TPSA) is 37.3 Å². The van der Waals surface area contributed by atoms with Gasteiger partial charge in [-0.15, -0.1) is 0 Å². The lowest BCUT2D eigenvalue weighted by atomic mass is 10.0. The Morgan fingerprint density at radius 1 is 1.80 bits per heavy atom. The van der Waals surface area contributed by atoms with Gasteiger partial charge in [0.1, 0.15) is 0 Å². The highest BCUT2D eigenvalue weighted by Gasteiger charge is 2.12. The largest absolute Gasteiger partial charge is 0.481 e. The van der Waals surface area contributed by atoms with Crippen molar-refractivity contribution in [3.05, 3.63) is 12.7 Å². The zero-order chi connectivity index (χ0) is 7.98. The molecular weight excluding hydrogens is 128 g/mol. The third-order valence-electron chi connectivity index (χ3n) is 1.52. The van der Waals surface area contributed by atoms with Crippen LogP contribution in [0.4, 0.5) is 0 Å². The van der Waals surface area contributed by atoms with E-state index in [0.29, 0.717) is 19.3 Å². The van der Waals surface area contributed by atoms with Gasteiger partial charge in [0.25, 0.3) is 0 Å². The summed E-state index contributed by atoms with van der Waals surface area (Å²) < 4.78 is 0. The van der Waals surface area contributed by atoms with Gasteiger partial charge in [-0.05, 0) is 19.3 Å². The minimum Gasteiger partial charge on any atom is -0.481 e. The van der Waals surface area contributed by atoms with Gasteiger partial charge in [0, 0.05) is 0 Å². The number of aliphatic carboxylic acids is 1. The lowest BCUT2D eigenvalue weighted by molar-refractivity contribution is -0.142. The summed E-state index contributed by atoms with van der Waals surface area (Å²) in [4.78, 5) is 10.4. The highest BCUT2D eigenvalue weighted by Crippen LogP contribution is 2.10. The van der Waals surface area contributed by atoms with Gasteiger partial charge >= 0.3 is 5.97 Å². The van der Waals surface area contributed by atoms with Crippen LogP contribution in [0.2, 0.25) is 0 Å². The fraction of sp³-hybridized carbons (Fsp3) is 0.625. The predicted octanol–water partition coefficient (Wildman–Crippen LogP) is 1.87. The van der Waals surface area contributed by atoms with Crippen molar-refractivity contribution < 1.29 is 9.90 Å². The molecule has 0 aromatic carbocycles. The van der Waals surface area contributed by atoms with E-state index in [9.17, 15) is 4.79 Å². The van der Waals surface area contributed by atoms with E-state index >= 15 is 0 Å². The Hall–Kier alpha value is -0.790. The third-order valence-corrected chi connectivity index (χ3v) is 1.52. The van der Waals surface area contributed by atoms with Gasteiger partial charge in [-0.3, -0.25) is 4.79 Å². The number of carbonyl (C=O) groups is 1. The van der Waals surface area contributed by atoms with Gasteiger partial charge in [0.05, 0.1) is 5.92 Å². The van der Waals surface area contributed by atoms with Crippen LogP contribution in [-0.2, 0) is 4.79 Å². The van der Waals surface area contributed by atoms with Crippen LogP contribution in [0.25, 0.3) is 0 Å². The lowest BCUT2D eigenvalue weighted by Gasteiger charge is -2.05. The maximum atomic E-state index is 10.4. The Morgan fingerprint density at radius 3 is 2.70 bits per heavy atom. The second kappa shape index (κ2) is 5.03. The van der Waals surface area contributed by atoms with Crippen LogP contribution in [0.15, 0.2) is 6.08 Å². The molecular formula is C8H13O2. The summed E-state index contributed by atoms with van der Waals surface area (Å²) in [5.41, 5.74) is 0. The fourth-order valence-electron chi connectivity index (χ4n) is 0.800. The number of allylic oxidation sites excluding steroid dienone is 1. The van der Waals surface area contributed by atoms with Crippen LogP contribution in [0.5, 0.6) is 0 Å². The molecule has 0 saturated carbocycles. The normalized spacial score (nSPS) is 12.5. The van der Waals surface area contributed by atoms with Crippen molar-refractivity contribution in [2.24, 2.45) is 5.92 Å². The summed E-state index contributed by atoms with van der Waals surface area (Å²) in [6.45, 7) is 6.98. The molecule has 0 aliphatic heterocycles. The molecule has 0 heterocycles. The Kier molecular flexibility index (Phi) is 4.63. The Morgan fingerprint density at radius 2 is 2.40 bits per heavy atom. The van der Waals surface area contributed by atoms with E-state index in [-0.39, 0.29) is 5.92 Å². The van der Waals surface area contributed by atoms with Crippen molar-refractivity contribution >= 4 is 5.97 Å². The highest BCUT2D eigenvalue weighted by atomic mass is 16.4. The molecule has 1 radical (unpaired) electrons. The summed E-state index contributed by atoms with van der Waals surface area (Å²) in [7, 11) is 0. The van der Waals surface area contributed by atoms with Crippen LogP contribution < -0.4 is 0 Å². The zero-order valence-electron chi connectivity index (χ0n) is 6.21. The molecule has 0 bridgehead atoms. The maximum Gasteiger partial charge on any atom is 0.306 e. The number of carboxylic acids is 1. The van der Waals surface area contributed by atoms with E-state index in [1.165, 1.54) is 6.08 Å². The van der Waals surface area contributed by atoms with E-state index in [1.54, 1.807) is 0 Å². The third kappa shape index (κ3) is 3.28. The summed E-state index contributed by atoms with van der Waals surface area (Å²) in [6, 6.07) is 0. The van der Waals surface area contributed by atoms with Gasteiger partial charge in [-0.2, -0.15) is 0 Å². The average Bonchev–Trinajstić information content (AvgIpc) is 1.89. The van der Waals surface area contributed by atoms with Gasteiger partial charge in [0.2, 0.25) is 0 Å². The molecule has 0 saturated heterocycles. The molecule has 0 aliphatic carbocycles.